The number of rotatable bonds is 3. The summed E-state index contributed by atoms with van der Waals surface area (Å²) in [5, 5.41) is 2.60. The maximum atomic E-state index is 2.47. The highest BCUT2D eigenvalue weighted by Crippen LogP contribution is 2.40. The average molecular weight is 462 g/mol. The van der Waals surface area contributed by atoms with Crippen LogP contribution in [0.25, 0.3) is 55.8 Å². The molecule has 0 N–H and O–H groups in total. The molecule has 6 aromatic rings. The third-order valence-corrected chi connectivity index (χ3v) is 7.64. The highest BCUT2D eigenvalue weighted by Gasteiger charge is 2.21. The molecule has 172 valence electrons. The van der Waals surface area contributed by atoms with E-state index in [2.05, 4.69) is 139 Å². The monoisotopic (exact) mass is 461 g/mol. The Labute approximate surface area is 212 Å². The van der Waals surface area contributed by atoms with E-state index in [0.717, 1.165) is 6.42 Å². The van der Waals surface area contributed by atoms with E-state index >= 15 is 0 Å². The van der Waals surface area contributed by atoms with Crippen molar-refractivity contribution in [3.8, 4) is 27.9 Å². The fraction of sp³-hybridized carbons (Fsp3) is 0.0857. The number of hydrogen-bond acceptors (Lipinski definition) is 0. The fourth-order valence-electron chi connectivity index (χ4n) is 5.86. The third kappa shape index (κ3) is 3.31. The van der Waals surface area contributed by atoms with Crippen LogP contribution in [-0.2, 0) is 0 Å². The molecule has 7 rings (SSSR count). The summed E-state index contributed by atoms with van der Waals surface area (Å²) in [4.78, 5) is 0. The van der Waals surface area contributed by atoms with Crippen LogP contribution in [0.15, 0.2) is 121 Å². The third-order valence-electron chi connectivity index (χ3n) is 7.64. The van der Waals surface area contributed by atoms with E-state index in [0.29, 0.717) is 5.92 Å². The largest absolute Gasteiger partial charge is 0.309 e. The predicted molar refractivity (Wildman–Crippen MR) is 154 cm³/mol. The van der Waals surface area contributed by atoms with Crippen LogP contribution in [0.1, 0.15) is 30.4 Å². The highest BCUT2D eigenvalue weighted by atomic mass is 15.0. The minimum atomic E-state index is 0.500. The van der Waals surface area contributed by atoms with Crippen molar-refractivity contribution in [3.05, 3.63) is 132 Å². The van der Waals surface area contributed by atoms with Gasteiger partial charge in [0.2, 0.25) is 0 Å². The number of hydrogen-bond donors (Lipinski definition) is 0. The van der Waals surface area contributed by atoms with Gasteiger partial charge in [-0.1, -0.05) is 110 Å². The van der Waals surface area contributed by atoms with E-state index in [1.807, 2.05) is 0 Å². The van der Waals surface area contributed by atoms with Crippen molar-refractivity contribution in [1.82, 2.24) is 4.57 Å². The smallest absolute Gasteiger partial charge is 0.0541 e. The number of aromatic nitrogens is 1. The van der Waals surface area contributed by atoms with Gasteiger partial charge in [-0.25, -0.2) is 0 Å². The van der Waals surface area contributed by atoms with Crippen LogP contribution in [0.3, 0.4) is 0 Å². The molecule has 0 fully saturated rings. The molecule has 0 saturated carbocycles. The topological polar surface area (TPSA) is 4.93 Å². The molecule has 0 bridgehead atoms. The second-order valence-corrected chi connectivity index (χ2v) is 9.85. The van der Waals surface area contributed by atoms with Gasteiger partial charge < -0.3 is 4.57 Å². The summed E-state index contributed by atoms with van der Waals surface area (Å²) in [6.45, 7) is 2.34. The molecular formula is C35H27N. The number of benzene rings is 5. The fourth-order valence-corrected chi connectivity index (χ4v) is 5.86. The molecule has 36 heavy (non-hydrogen) atoms. The lowest BCUT2D eigenvalue weighted by atomic mass is 9.87. The zero-order chi connectivity index (χ0) is 24.1. The first-order valence-electron chi connectivity index (χ1n) is 12.8. The van der Waals surface area contributed by atoms with E-state index in [9.17, 15) is 0 Å². The first-order valence-corrected chi connectivity index (χ1v) is 12.8. The maximum absolute atomic E-state index is 2.47. The molecule has 0 radical (unpaired) electrons. The molecule has 1 heterocycles. The van der Waals surface area contributed by atoms with Crippen molar-refractivity contribution in [2.24, 2.45) is 0 Å². The average Bonchev–Trinajstić information content (AvgIpc) is 3.27. The van der Waals surface area contributed by atoms with E-state index in [-0.39, 0.29) is 0 Å². The van der Waals surface area contributed by atoms with Crippen LogP contribution in [0.5, 0.6) is 0 Å². The van der Waals surface area contributed by atoms with Crippen molar-refractivity contribution in [3.63, 3.8) is 0 Å². The second kappa shape index (κ2) is 8.39. The van der Waals surface area contributed by atoms with Crippen molar-refractivity contribution in [2.75, 3.05) is 0 Å². The van der Waals surface area contributed by atoms with Gasteiger partial charge in [0.25, 0.3) is 0 Å². The summed E-state index contributed by atoms with van der Waals surface area (Å²) in [5.74, 6) is 0.500. The lowest BCUT2D eigenvalue weighted by Gasteiger charge is -2.23. The molecule has 0 aliphatic heterocycles. The molecular weight excluding hydrogens is 434 g/mol. The lowest BCUT2D eigenvalue weighted by molar-refractivity contribution is 0.764. The molecule has 1 heteroatoms. The molecule has 5 aromatic carbocycles. The Hall–Kier alpha value is -4.36. The van der Waals surface area contributed by atoms with E-state index in [1.54, 1.807) is 0 Å². The number of para-hydroxylation sites is 1. The van der Waals surface area contributed by atoms with Crippen LogP contribution in [0, 0.1) is 0 Å². The number of fused-ring (bicyclic) bond motifs is 4. The summed E-state index contributed by atoms with van der Waals surface area (Å²) >= 11 is 0. The Morgan fingerprint density at radius 2 is 1.25 bits per heavy atom. The summed E-state index contributed by atoms with van der Waals surface area (Å²) in [6.07, 6.45) is 5.67. The van der Waals surface area contributed by atoms with Gasteiger partial charge in [-0.05, 0) is 70.0 Å². The Balaban J connectivity index is 1.40. The van der Waals surface area contributed by atoms with Crippen LogP contribution < -0.4 is 0 Å². The van der Waals surface area contributed by atoms with Gasteiger partial charge in [0.05, 0.1) is 16.7 Å². The standard InChI is InChI=1S/C35H27N/c1-24-9-7-12-28-13-8-16-34(35(24)28)36-32-15-6-5-14-30(32)31-23-29(21-22-33(31)36)27-19-17-26(18-20-27)25-10-3-2-4-11-25/h2-8,10-24H,9H2,1H3. The predicted octanol–water partition coefficient (Wildman–Crippen LogP) is 9.64. The molecule has 1 nitrogen and oxygen atoms in total. The Morgan fingerprint density at radius 1 is 0.583 bits per heavy atom. The van der Waals surface area contributed by atoms with Crippen molar-refractivity contribution in [1.29, 1.82) is 0 Å². The summed E-state index contributed by atoms with van der Waals surface area (Å²) in [7, 11) is 0. The zero-order valence-corrected chi connectivity index (χ0v) is 20.4. The summed E-state index contributed by atoms with van der Waals surface area (Å²) < 4.78 is 2.47. The van der Waals surface area contributed by atoms with Gasteiger partial charge in [-0.2, -0.15) is 0 Å². The zero-order valence-electron chi connectivity index (χ0n) is 20.4. The van der Waals surface area contributed by atoms with Gasteiger partial charge in [0.1, 0.15) is 0 Å². The molecule has 1 aromatic heterocycles. The van der Waals surface area contributed by atoms with E-state index < -0.39 is 0 Å². The lowest BCUT2D eigenvalue weighted by Crippen LogP contribution is -2.07. The van der Waals surface area contributed by atoms with Gasteiger partial charge in [-0.15, -0.1) is 0 Å². The van der Waals surface area contributed by atoms with Crippen LogP contribution in [0.4, 0.5) is 0 Å². The first kappa shape index (κ1) is 21.0. The van der Waals surface area contributed by atoms with Gasteiger partial charge in [-0.3, -0.25) is 0 Å². The molecule has 1 unspecified atom stereocenters. The number of nitrogens with zero attached hydrogens (tertiary/aromatic N) is 1. The van der Waals surface area contributed by atoms with E-state index in [4.69, 9.17) is 0 Å². The van der Waals surface area contributed by atoms with Crippen molar-refractivity contribution >= 4 is 27.9 Å². The Kier molecular flexibility index (Phi) is 4.89. The van der Waals surface area contributed by atoms with Crippen LogP contribution in [0.2, 0.25) is 0 Å². The summed E-state index contributed by atoms with van der Waals surface area (Å²) in [6, 6.07) is 42.0. The summed E-state index contributed by atoms with van der Waals surface area (Å²) in [5.41, 5.74) is 11.6. The normalized spacial score (nSPS) is 14.9. The van der Waals surface area contributed by atoms with E-state index in [1.165, 1.54) is 60.9 Å². The SMILES string of the molecule is CC1CC=Cc2cccc(-n3c4ccccc4c4cc(-c5ccc(-c6ccccc6)cc5)ccc43)c21. The maximum Gasteiger partial charge on any atom is 0.0541 e. The van der Waals surface area contributed by atoms with Gasteiger partial charge in [0, 0.05) is 10.8 Å². The molecule has 1 atom stereocenters. The Morgan fingerprint density at radius 3 is 2.08 bits per heavy atom. The molecule has 0 amide bonds. The molecule has 1 aliphatic rings. The van der Waals surface area contributed by atoms with Crippen molar-refractivity contribution < 1.29 is 0 Å². The van der Waals surface area contributed by atoms with Crippen LogP contribution in [-0.4, -0.2) is 4.57 Å². The molecule has 0 spiro atoms. The number of allylic oxidation sites excluding steroid dienone is 1. The minimum Gasteiger partial charge on any atom is -0.309 e. The first-order chi connectivity index (χ1) is 17.8. The minimum absolute atomic E-state index is 0.500. The second-order valence-electron chi connectivity index (χ2n) is 9.85. The Bertz CT molecular complexity index is 1750. The van der Waals surface area contributed by atoms with Gasteiger partial charge in [0.15, 0.2) is 0 Å². The molecule has 1 aliphatic carbocycles. The highest BCUT2D eigenvalue weighted by molar-refractivity contribution is 6.10. The quantitative estimate of drug-likeness (QED) is 0.247. The molecule has 0 saturated heterocycles. The van der Waals surface area contributed by atoms with Gasteiger partial charge >= 0.3 is 0 Å². The van der Waals surface area contributed by atoms with Crippen LogP contribution >= 0.6 is 0 Å². The van der Waals surface area contributed by atoms with Crippen molar-refractivity contribution in [2.45, 2.75) is 19.3 Å².